The predicted octanol–water partition coefficient (Wildman–Crippen LogP) is 1.78. The first-order valence-electron chi connectivity index (χ1n) is 5.56. The predicted molar refractivity (Wildman–Crippen MR) is 62.4 cm³/mol. The Morgan fingerprint density at radius 2 is 2.07 bits per heavy atom. The van der Waals surface area contributed by atoms with Crippen LogP contribution in [-0.2, 0) is 15.8 Å². The monoisotopic (exact) mass is 229 g/mol. The van der Waals surface area contributed by atoms with Gasteiger partial charge < -0.3 is 0 Å². The van der Waals surface area contributed by atoms with Gasteiger partial charge in [0, 0.05) is 5.92 Å². The number of allylic oxidation sites excluding steroid dienone is 1. The van der Waals surface area contributed by atoms with Crippen molar-refractivity contribution in [2.75, 3.05) is 0 Å². The van der Waals surface area contributed by atoms with Crippen molar-refractivity contribution in [3.63, 3.8) is 0 Å². The van der Waals surface area contributed by atoms with Crippen LogP contribution in [0, 0.1) is 11.8 Å². The Labute approximate surface area is 93.9 Å². The molecule has 3 unspecified atom stereocenters. The van der Waals surface area contributed by atoms with Crippen LogP contribution >= 0.6 is 0 Å². The van der Waals surface area contributed by atoms with E-state index in [2.05, 4.69) is 11.3 Å². The zero-order valence-corrected chi connectivity index (χ0v) is 10.2. The lowest BCUT2D eigenvalue weighted by molar-refractivity contribution is -0.120. The minimum Gasteiger partial charge on any atom is -0.275 e. The Bertz CT molecular complexity index is 274. The molecule has 0 aromatic rings. The van der Waals surface area contributed by atoms with E-state index >= 15 is 0 Å². The highest BCUT2D eigenvalue weighted by Crippen LogP contribution is 2.39. The number of nitrogens with one attached hydrogen (secondary N) is 1. The third-order valence-corrected chi connectivity index (χ3v) is 3.99. The summed E-state index contributed by atoms with van der Waals surface area (Å²) in [4.78, 5) is 11.4. The van der Waals surface area contributed by atoms with E-state index in [4.69, 9.17) is 0 Å². The van der Waals surface area contributed by atoms with Gasteiger partial charge in [-0.1, -0.05) is 19.9 Å². The lowest BCUT2D eigenvalue weighted by Gasteiger charge is -2.01. The van der Waals surface area contributed by atoms with Crippen LogP contribution < -0.4 is 4.72 Å². The molecule has 2 rings (SSSR count). The zero-order valence-electron chi connectivity index (χ0n) is 9.36. The van der Waals surface area contributed by atoms with E-state index in [1.807, 2.05) is 13.8 Å². The highest BCUT2D eigenvalue weighted by molar-refractivity contribution is 7.84. The van der Waals surface area contributed by atoms with Crippen molar-refractivity contribution in [1.29, 1.82) is 0 Å². The number of carbonyl (C=O) groups is 1. The number of rotatable bonds is 4. The van der Waals surface area contributed by atoms with Crippen LogP contribution in [0.5, 0.6) is 0 Å². The molecule has 3 atom stereocenters. The van der Waals surface area contributed by atoms with Crippen molar-refractivity contribution in [3.8, 4) is 0 Å². The van der Waals surface area contributed by atoms with Crippen molar-refractivity contribution < 1.29 is 9.00 Å². The van der Waals surface area contributed by atoms with E-state index in [0.29, 0.717) is 5.92 Å². The summed E-state index contributed by atoms with van der Waals surface area (Å²) in [6, 6.07) is 0. The van der Waals surface area contributed by atoms with Gasteiger partial charge in [0.15, 0.2) is 0 Å². The molecule has 1 N–H and O–H groups in total. The van der Waals surface area contributed by atoms with E-state index < -0.39 is 11.0 Å². The minimum atomic E-state index is -1.12. The number of amides is 1. The van der Waals surface area contributed by atoms with Crippen LogP contribution in [-0.4, -0.2) is 15.4 Å². The first-order valence-corrected chi connectivity index (χ1v) is 6.77. The summed E-state index contributed by atoms with van der Waals surface area (Å²) in [6.07, 6.45) is 4.65. The van der Waals surface area contributed by atoms with Gasteiger partial charge in [0.05, 0.1) is 5.25 Å². The fraction of sp³-hybridized carbons (Fsp3) is 0.727. The lowest BCUT2D eigenvalue weighted by Crippen LogP contribution is -2.29. The summed E-state index contributed by atoms with van der Waals surface area (Å²) in [5.41, 5.74) is 0. The van der Waals surface area contributed by atoms with E-state index in [1.165, 1.54) is 0 Å². The first kappa shape index (κ1) is 12.4. The highest BCUT2D eigenvalue weighted by atomic mass is 32.2. The molecule has 0 spiro atoms. The van der Waals surface area contributed by atoms with Crippen LogP contribution in [0.15, 0.2) is 12.7 Å². The fourth-order valence-corrected chi connectivity index (χ4v) is 2.40. The van der Waals surface area contributed by atoms with Crippen LogP contribution in [0.1, 0.15) is 33.1 Å². The molecule has 86 valence electrons. The largest absolute Gasteiger partial charge is 0.275 e. The summed E-state index contributed by atoms with van der Waals surface area (Å²) in [7, 11) is -1.12. The Morgan fingerprint density at radius 3 is 2.47 bits per heavy atom. The van der Waals surface area contributed by atoms with Crippen molar-refractivity contribution in [2.45, 2.75) is 38.4 Å². The molecule has 2 aliphatic rings. The maximum atomic E-state index is 11.4. The molecule has 0 aromatic carbocycles. The maximum absolute atomic E-state index is 11.4. The van der Waals surface area contributed by atoms with Crippen molar-refractivity contribution in [2.24, 2.45) is 11.8 Å². The quantitative estimate of drug-likeness (QED) is 0.747. The maximum Gasteiger partial charge on any atom is 0.235 e. The average Bonchev–Trinajstić information content (AvgIpc) is 3.12. The molecule has 1 amide bonds. The number of carbonyl (C=O) groups excluding carboxylic acids is 1. The Balaban J connectivity index is 0.000000531. The van der Waals surface area contributed by atoms with Crippen LogP contribution in [0.4, 0.5) is 0 Å². The number of hydrogen-bond acceptors (Lipinski definition) is 2. The lowest BCUT2D eigenvalue weighted by atomic mass is 10.3. The molecule has 0 aliphatic heterocycles. The number of hydrogen-bond donors (Lipinski definition) is 1. The molecule has 4 heteroatoms. The molecular formula is C11H19NO2S. The van der Waals surface area contributed by atoms with Crippen LogP contribution in [0.2, 0.25) is 0 Å². The van der Waals surface area contributed by atoms with Crippen molar-refractivity contribution in [1.82, 2.24) is 4.72 Å². The Morgan fingerprint density at radius 1 is 1.47 bits per heavy atom. The Kier molecular flexibility index (Phi) is 4.51. The first-order chi connectivity index (χ1) is 7.22. The summed E-state index contributed by atoms with van der Waals surface area (Å²) < 4.78 is 13.8. The molecule has 0 heterocycles. The van der Waals surface area contributed by atoms with Crippen LogP contribution in [0.25, 0.3) is 0 Å². The average molecular weight is 229 g/mol. The second-order valence-corrected chi connectivity index (χ2v) is 5.17. The molecule has 0 saturated heterocycles. The van der Waals surface area contributed by atoms with Crippen molar-refractivity contribution >= 4 is 16.9 Å². The van der Waals surface area contributed by atoms with Gasteiger partial charge in [-0.25, -0.2) is 4.21 Å². The minimum absolute atomic E-state index is 0.0419. The van der Waals surface area contributed by atoms with Gasteiger partial charge >= 0.3 is 0 Å². The molecule has 0 radical (unpaired) electrons. The van der Waals surface area contributed by atoms with Gasteiger partial charge in [0.1, 0.15) is 11.0 Å². The summed E-state index contributed by atoms with van der Waals surface area (Å²) in [6.45, 7) is 7.63. The van der Waals surface area contributed by atoms with E-state index in [9.17, 15) is 9.00 Å². The van der Waals surface area contributed by atoms with E-state index in [0.717, 1.165) is 19.3 Å². The van der Waals surface area contributed by atoms with Crippen LogP contribution in [0.3, 0.4) is 0 Å². The molecule has 2 aliphatic carbocycles. The molecule has 0 bridgehead atoms. The molecule has 15 heavy (non-hydrogen) atoms. The fourth-order valence-electron chi connectivity index (χ4n) is 1.32. The normalized spacial score (nSPS) is 29.5. The topological polar surface area (TPSA) is 46.2 Å². The van der Waals surface area contributed by atoms with E-state index in [-0.39, 0.29) is 17.1 Å². The summed E-state index contributed by atoms with van der Waals surface area (Å²) in [5.74, 6) is 0.298. The van der Waals surface area contributed by atoms with Gasteiger partial charge in [0.25, 0.3) is 0 Å². The molecule has 3 nitrogen and oxygen atoms in total. The second-order valence-electron chi connectivity index (χ2n) is 3.70. The molecule has 2 saturated carbocycles. The zero-order chi connectivity index (χ0) is 11.4. The van der Waals surface area contributed by atoms with Gasteiger partial charge in [0.2, 0.25) is 5.91 Å². The third-order valence-electron chi connectivity index (χ3n) is 2.51. The SMILES string of the molecule is C=CC1CC1C(=O)NS(=O)C1CC1.CC. The third kappa shape index (κ3) is 3.45. The summed E-state index contributed by atoms with van der Waals surface area (Å²) >= 11 is 0. The smallest absolute Gasteiger partial charge is 0.235 e. The molecular weight excluding hydrogens is 210 g/mol. The second kappa shape index (κ2) is 5.45. The van der Waals surface area contributed by atoms with Gasteiger partial charge in [-0.2, -0.15) is 0 Å². The van der Waals surface area contributed by atoms with E-state index in [1.54, 1.807) is 6.08 Å². The van der Waals surface area contributed by atoms with Gasteiger partial charge in [-0.05, 0) is 25.2 Å². The summed E-state index contributed by atoms with van der Waals surface area (Å²) in [5, 5.41) is 0.227. The van der Waals surface area contributed by atoms with Gasteiger partial charge in [-0.3, -0.25) is 9.52 Å². The van der Waals surface area contributed by atoms with Crippen molar-refractivity contribution in [3.05, 3.63) is 12.7 Å². The van der Waals surface area contributed by atoms with Gasteiger partial charge in [-0.15, -0.1) is 6.58 Å². The molecule has 2 fully saturated rings. The molecule has 0 aromatic heterocycles. The highest BCUT2D eigenvalue weighted by Gasteiger charge is 2.42. The standard InChI is InChI=1S/C9H13NO2S.C2H6/c1-2-6-5-8(6)9(11)10-13(12)7-3-4-7;1-2/h2,6-8H,1,3-5H2,(H,10,11);1-2H3. The Hall–Kier alpha value is -0.640.